The Morgan fingerprint density at radius 1 is 1.26 bits per heavy atom. The summed E-state index contributed by atoms with van der Waals surface area (Å²) in [4.78, 5) is 11.8. The lowest BCUT2D eigenvalue weighted by atomic mass is 9.60. The smallest absolute Gasteiger partial charge is 0.303 e. The molecule has 0 spiro atoms. The Balaban J connectivity index is 1.77. The highest BCUT2D eigenvalue weighted by Gasteiger charge is 2.58. The van der Waals surface area contributed by atoms with Crippen molar-refractivity contribution in [3.8, 4) is 17.2 Å². The summed E-state index contributed by atoms with van der Waals surface area (Å²) >= 11 is 0. The number of likely N-dealkylation sites (N-methyl/N-ethyl adjacent to an activating group) is 1. The molecule has 0 N–H and O–H groups in total. The molecule has 1 aromatic carbocycles. The zero-order chi connectivity index (χ0) is 22.0. The second-order valence-corrected chi connectivity index (χ2v) is 9.74. The van der Waals surface area contributed by atoms with E-state index in [0.29, 0.717) is 11.8 Å². The highest BCUT2D eigenvalue weighted by Crippen LogP contribution is 2.59. The average Bonchev–Trinajstić information content (AvgIpc) is 3.15. The van der Waals surface area contributed by atoms with Gasteiger partial charge in [0, 0.05) is 37.9 Å². The number of esters is 1. The first-order valence-electron chi connectivity index (χ1n) is 11.1. The first-order valence-corrected chi connectivity index (χ1v) is 11.1. The van der Waals surface area contributed by atoms with Gasteiger partial charge in [0.25, 0.3) is 0 Å². The third-order valence-corrected chi connectivity index (χ3v) is 7.81. The number of rotatable bonds is 3. The first-order chi connectivity index (χ1) is 14.8. The number of aryl methyl sites for hydroxylation is 1. The van der Waals surface area contributed by atoms with E-state index >= 15 is 0 Å². The van der Waals surface area contributed by atoms with E-state index in [-0.39, 0.29) is 30.4 Å². The average molecular weight is 431 g/mol. The number of nitrogens with zero attached hydrogens (tertiary/aromatic N) is 1. The summed E-state index contributed by atoms with van der Waals surface area (Å²) < 4.78 is 30.1. The van der Waals surface area contributed by atoms with Crippen LogP contribution in [0, 0.1) is 0 Å². The largest absolute Gasteiger partial charge is 0.492 e. The molecule has 7 heteroatoms. The van der Waals surface area contributed by atoms with Crippen LogP contribution in [0.2, 0.25) is 0 Å². The molecule has 1 aromatic rings. The van der Waals surface area contributed by atoms with Gasteiger partial charge >= 0.3 is 5.97 Å². The zero-order valence-electron chi connectivity index (χ0n) is 19.0. The van der Waals surface area contributed by atoms with E-state index in [2.05, 4.69) is 26.2 Å². The number of ether oxygens (including phenoxy) is 5. The molecule has 4 unspecified atom stereocenters. The van der Waals surface area contributed by atoms with Crippen molar-refractivity contribution in [2.24, 2.45) is 0 Å². The molecule has 2 aliphatic heterocycles. The Morgan fingerprint density at radius 3 is 2.77 bits per heavy atom. The first kappa shape index (κ1) is 20.6. The number of hydrogen-bond donors (Lipinski definition) is 0. The number of likely N-dealkylation sites (tertiary alicyclic amines) is 1. The van der Waals surface area contributed by atoms with E-state index in [1.807, 2.05) is 0 Å². The lowest BCUT2D eigenvalue weighted by molar-refractivity contribution is -0.915. The van der Waals surface area contributed by atoms with Gasteiger partial charge in [-0.25, -0.2) is 0 Å². The van der Waals surface area contributed by atoms with Crippen LogP contribution in [0.25, 0.3) is 0 Å². The van der Waals surface area contributed by atoms with Crippen molar-refractivity contribution in [3.05, 3.63) is 28.8 Å². The monoisotopic (exact) mass is 430 g/mol. The molecular weight excluding hydrogens is 398 g/mol. The number of quaternary nitrogens is 1. The summed E-state index contributed by atoms with van der Waals surface area (Å²) in [5.41, 5.74) is 3.57. The van der Waals surface area contributed by atoms with Crippen molar-refractivity contribution in [1.29, 1.82) is 0 Å². The molecule has 0 amide bonds. The van der Waals surface area contributed by atoms with Crippen LogP contribution >= 0.6 is 0 Å². The van der Waals surface area contributed by atoms with E-state index in [0.717, 1.165) is 48.2 Å². The minimum atomic E-state index is -0.382. The molecule has 0 aromatic heterocycles. The van der Waals surface area contributed by atoms with Crippen LogP contribution < -0.4 is 14.2 Å². The van der Waals surface area contributed by atoms with E-state index in [9.17, 15) is 4.79 Å². The highest BCUT2D eigenvalue weighted by atomic mass is 16.7. The van der Waals surface area contributed by atoms with Gasteiger partial charge in [0.2, 0.25) is 12.5 Å². The minimum absolute atomic E-state index is 0.214. The van der Waals surface area contributed by atoms with Gasteiger partial charge in [-0.1, -0.05) is 0 Å². The molecule has 2 aliphatic carbocycles. The topological polar surface area (TPSA) is 63.2 Å². The fraction of sp³-hybridized carbons (Fsp3) is 0.625. The zero-order valence-corrected chi connectivity index (χ0v) is 19.0. The van der Waals surface area contributed by atoms with E-state index in [1.165, 1.54) is 23.6 Å². The third kappa shape index (κ3) is 2.97. The second kappa shape index (κ2) is 7.14. The number of methoxy groups -OCH3 is 2. The van der Waals surface area contributed by atoms with Crippen LogP contribution in [0.5, 0.6) is 17.2 Å². The summed E-state index contributed by atoms with van der Waals surface area (Å²) in [5.74, 6) is 1.96. The van der Waals surface area contributed by atoms with E-state index < -0.39 is 0 Å². The molecule has 2 bridgehead atoms. The maximum atomic E-state index is 11.8. The summed E-state index contributed by atoms with van der Waals surface area (Å²) in [6.45, 7) is 2.72. The quantitative estimate of drug-likeness (QED) is 0.418. The SMILES string of the molecule is COc1c2c(cc3c1C14CC[N+](C)(C)C(CC3)C1=CC(OC(C)=O)C(OC)C4)OCO2. The Morgan fingerprint density at radius 2 is 2.06 bits per heavy atom. The molecule has 1 fully saturated rings. The molecule has 168 valence electrons. The van der Waals surface area contributed by atoms with Gasteiger partial charge < -0.3 is 28.2 Å². The molecule has 31 heavy (non-hydrogen) atoms. The second-order valence-electron chi connectivity index (χ2n) is 9.74. The summed E-state index contributed by atoms with van der Waals surface area (Å²) in [7, 11) is 8.02. The molecule has 0 saturated carbocycles. The Kier molecular flexibility index (Phi) is 4.75. The Bertz CT molecular complexity index is 954. The number of fused-ring (bicyclic) bond motifs is 2. The third-order valence-electron chi connectivity index (χ3n) is 7.81. The van der Waals surface area contributed by atoms with E-state index in [1.54, 1.807) is 14.2 Å². The Hall–Kier alpha value is -2.25. The van der Waals surface area contributed by atoms with Crippen LogP contribution in [0.15, 0.2) is 17.7 Å². The number of carbonyl (C=O) groups excluding carboxylic acids is 1. The van der Waals surface area contributed by atoms with Crippen molar-refractivity contribution in [2.45, 2.75) is 56.3 Å². The van der Waals surface area contributed by atoms with Crippen LogP contribution in [-0.4, -0.2) is 70.4 Å². The maximum Gasteiger partial charge on any atom is 0.303 e. The van der Waals surface area contributed by atoms with Gasteiger partial charge in [-0.15, -0.1) is 0 Å². The van der Waals surface area contributed by atoms with Crippen molar-refractivity contribution in [1.82, 2.24) is 0 Å². The minimum Gasteiger partial charge on any atom is -0.492 e. The van der Waals surface area contributed by atoms with Crippen LogP contribution in [0.1, 0.15) is 37.3 Å². The summed E-state index contributed by atoms with van der Waals surface area (Å²) in [5, 5.41) is 0. The normalized spacial score (nSPS) is 32.3. The van der Waals surface area contributed by atoms with Crippen LogP contribution in [0.4, 0.5) is 0 Å². The van der Waals surface area contributed by atoms with Gasteiger partial charge in [0.1, 0.15) is 12.1 Å². The maximum absolute atomic E-state index is 11.8. The van der Waals surface area contributed by atoms with Gasteiger partial charge in [0.05, 0.1) is 33.9 Å². The predicted octanol–water partition coefficient (Wildman–Crippen LogP) is 2.73. The van der Waals surface area contributed by atoms with Gasteiger partial charge in [-0.3, -0.25) is 4.79 Å². The van der Waals surface area contributed by atoms with Crippen molar-refractivity contribution in [2.75, 3.05) is 41.7 Å². The predicted molar refractivity (Wildman–Crippen MR) is 114 cm³/mol. The molecule has 4 atom stereocenters. The van der Waals surface area contributed by atoms with E-state index in [4.69, 9.17) is 23.7 Å². The standard InChI is InChI=1S/C24H32NO6/c1-14(26)31-18-11-16-17-7-6-15-10-19-22(30-13-29-19)23(28-5)21(15)24(16,12-20(18)27-4)8-9-25(17,2)3/h10-11,17-18,20H,6-9,12-13H2,1-5H3/q+1. The molecule has 0 radical (unpaired) electrons. The number of carbonyl (C=O) groups is 1. The van der Waals surface area contributed by atoms with Gasteiger partial charge in [-0.05, 0) is 36.1 Å². The van der Waals surface area contributed by atoms with Crippen LogP contribution in [0.3, 0.4) is 0 Å². The van der Waals surface area contributed by atoms with Crippen molar-refractivity contribution >= 4 is 5.97 Å². The van der Waals surface area contributed by atoms with Gasteiger partial charge in [0.15, 0.2) is 11.5 Å². The number of benzene rings is 1. The molecule has 1 saturated heterocycles. The highest BCUT2D eigenvalue weighted by molar-refractivity contribution is 5.68. The van der Waals surface area contributed by atoms with Crippen molar-refractivity contribution < 1.29 is 33.0 Å². The molecule has 4 aliphatic rings. The Labute approximate surface area is 183 Å². The fourth-order valence-electron chi connectivity index (χ4n) is 6.38. The summed E-state index contributed by atoms with van der Waals surface area (Å²) in [6.07, 6.45) is 5.24. The van der Waals surface area contributed by atoms with Crippen molar-refractivity contribution in [3.63, 3.8) is 0 Å². The number of hydrogen-bond acceptors (Lipinski definition) is 6. The lowest BCUT2D eigenvalue weighted by Crippen LogP contribution is -2.61. The fourth-order valence-corrected chi connectivity index (χ4v) is 6.38. The van der Waals surface area contributed by atoms with Crippen LogP contribution in [-0.2, 0) is 26.1 Å². The molecular formula is C24H32NO6+. The molecule has 7 nitrogen and oxygen atoms in total. The lowest BCUT2D eigenvalue weighted by Gasteiger charge is -2.54. The summed E-state index contributed by atoms with van der Waals surface area (Å²) in [6, 6.07) is 2.48. The molecule has 5 rings (SSSR count). The number of piperidine rings is 1. The van der Waals surface area contributed by atoms with Gasteiger partial charge in [-0.2, -0.15) is 0 Å². The molecule has 2 heterocycles.